The number of carbonyl (C=O) groups excluding carboxylic acids is 2. The lowest BCUT2D eigenvalue weighted by molar-refractivity contribution is -0.122. The van der Waals surface area contributed by atoms with E-state index in [2.05, 4.69) is 22.5 Å². The Bertz CT molecular complexity index is 495. The van der Waals surface area contributed by atoms with Crippen LogP contribution < -0.4 is 10.6 Å². The molecule has 1 aromatic rings. The maximum Gasteiger partial charge on any atom is 0.263 e. The molecule has 6 heteroatoms. The first-order chi connectivity index (χ1) is 9.61. The van der Waals surface area contributed by atoms with E-state index in [1.54, 1.807) is 0 Å². The Labute approximate surface area is 123 Å². The molecule has 2 amide bonds. The van der Waals surface area contributed by atoms with Crippen molar-refractivity contribution in [1.29, 1.82) is 0 Å². The van der Waals surface area contributed by atoms with Gasteiger partial charge in [0.25, 0.3) is 5.91 Å². The van der Waals surface area contributed by atoms with Crippen molar-refractivity contribution in [2.45, 2.75) is 39.5 Å². The maximum absolute atomic E-state index is 12.0. The van der Waals surface area contributed by atoms with Gasteiger partial charge < -0.3 is 10.6 Å². The molecule has 0 aromatic carbocycles. The van der Waals surface area contributed by atoms with E-state index in [0.29, 0.717) is 18.0 Å². The normalized spacial score (nSPS) is 14.1. The third-order valence-electron chi connectivity index (χ3n) is 3.17. The summed E-state index contributed by atoms with van der Waals surface area (Å²) in [5.74, 6) is 0.229. The monoisotopic (exact) mass is 295 g/mol. The second kappa shape index (κ2) is 6.83. The summed E-state index contributed by atoms with van der Waals surface area (Å²) in [6.45, 7) is 4.90. The summed E-state index contributed by atoms with van der Waals surface area (Å²) in [4.78, 5) is 28.5. The molecule has 0 bridgehead atoms. The molecule has 1 aromatic heterocycles. The molecule has 5 nitrogen and oxygen atoms in total. The predicted molar refractivity (Wildman–Crippen MR) is 78.9 cm³/mol. The van der Waals surface area contributed by atoms with Crippen LogP contribution in [0.5, 0.6) is 0 Å². The van der Waals surface area contributed by atoms with E-state index in [1.807, 2.05) is 6.92 Å². The summed E-state index contributed by atoms with van der Waals surface area (Å²) < 4.78 is 0. The third-order valence-corrected chi connectivity index (χ3v) is 4.38. The highest BCUT2D eigenvalue weighted by molar-refractivity contribution is 7.13. The minimum absolute atomic E-state index is 0.0944. The lowest BCUT2D eigenvalue weighted by Gasteiger charge is -2.05. The summed E-state index contributed by atoms with van der Waals surface area (Å²) in [7, 11) is 0. The molecular weight excluding hydrogens is 274 g/mol. The Kier molecular flexibility index (Phi) is 5.11. The molecule has 1 heterocycles. The van der Waals surface area contributed by atoms with E-state index in [9.17, 15) is 9.59 Å². The number of thiazole rings is 1. The summed E-state index contributed by atoms with van der Waals surface area (Å²) >= 11 is 1.46. The summed E-state index contributed by atoms with van der Waals surface area (Å²) in [6.07, 6.45) is 3.94. The largest absolute Gasteiger partial charge is 0.354 e. The first-order valence-corrected chi connectivity index (χ1v) is 7.95. The van der Waals surface area contributed by atoms with Gasteiger partial charge in [0.2, 0.25) is 5.91 Å². The molecule has 1 saturated carbocycles. The number of hydrogen-bond acceptors (Lipinski definition) is 4. The Morgan fingerprint density at radius 1 is 1.30 bits per heavy atom. The number of nitrogens with one attached hydrogen (secondary N) is 2. The molecule has 0 radical (unpaired) electrons. The molecule has 20 heavy (non-hydrogen) atoms. The van der Waals surface area contributed by atoms with Crippen molar-refractivity contribution in [2.75, 3.05) is 13.1 Å². The minimum atomic E-state index is -0.0944. The number of aromatic nitrogens is 1. The smallest absolute Gasteiger partial charge is 0.263 e. The van der Waals surface area contributed by atoms with Crippen molar-refractivity contribution in [3.05, 3.63) is 15.6 Å². The number of nitrogens with zero attached hydrogens (tertiary/aromatic N) is 1. The Balaban J connectivity index is 1.74. The molecule has 0 unspecified atom stereocenters. The van der Waals surface area contributed by atoms with Crippen LogP contribution in [-0.2, 0) is 11.2 Å². The fourth-order valence-electron chi connectivity index (χ4n) is 1.92. The highest BCUT2D eigenvalue weighted by atomic mass is 32.1. The Morgan fingerprint density at radius 3 is 2.65 bits per heavy atom. The van der Waals surface area contributed by atoms with Gasteiger partial charge in [0.15, 0.2) is 0 Å². The lowest BCUT2D eigenvalue weighted by atomic mass is 10.3. The first kappa shape index (κ1) is 15.0. The molecule has 1 aliphatic rings. The van der Waals surface area contributed by atoms with Crippen LogP contribution in [-0.4, -0.2) is 29.9 Å². The average molecular weight is 295 g/mol. The summed E-state index contributed by atoms with van der Waals surface area (Å²) in [5.41, 5.74) is 0.790. The van der Waals surface area contributed by atoms with Crippen molar-refractivity contribution in [2.24, 2.45) is 5.92 Å². The Hall–Kier alpha value is -1.43. The molecule has 0 atom stereocenters. The van der Waals surface area contributed by atoms with Gasteiger partial charge in [0.05, 0.1) is 10.7 Å². The van der Waals surface area contributed by atoms with Gasteiger partial charge >= 0.3 is 0 Å². The van der Waals surface area contributed by atoms with Crippen molar-refractivity contribution < 1.29 is 9.59 Å². The number of amides is 2. The highest BCUT2D eigenvalue weighted by Gasteiger charge is 2.29. The van der Waals surface area contributed by atoms with Crippen LogP contribution in [0.15, 0.2) is 0 Å². The summed E-state index contributed by atoms with van der Waals surface area (Å²) in [6, 6.07) is 0. The van der Waals surface area contributed by atoms with Crippen LogP contribution in [0.25, 0.3) is 0 Å². The second-order valence-electron chi connectivity index (χ2n) is 5.09. The van der Waals surface area contributed by atoms with Crippen molar-refractivity contribution in [1.82, 2.24) is 15.6 Å². The zero-order chi connectivity index (χ0) is 14.5. The number of carbonyl (C=O) groups is 2. The van der Waals surface area contributed by atoms with Gasteiger partial charge in [0, 0.05) is 19.0 Å². The zero-order valence-electron chi connectivity index (χ0n) is 12.0. The molecular formula is C14H21N3O2S. The van der Waals surface area contributed by atoms with Crippen molar-refractivity contribution >= 4 is 23.2 Å². The minimum Gasteiger partial charge on any atom is -0.354 e. The van der Waals surface area contributed by atoms with E-state index < -0.39 is 0 Å². The predicted octanol–water partition coefficient (Wildman–Crippen LogP) is 1.66. The number of rotatable bonds is 7. The molecule has 2 rings (SSSR count). The number of hydrogen-bond donors (Lipinski definition) is 2. The summed E-state index contributed by atoms with van der Waals surface area (Å²) in [5, 5.41) is 6.66. The van der Waals surface area contributed by atoms with Crippen LogP contribution in [0.1, 0.15) is 46.6 Å². The van der Waals surface area contributed by atoms with E-state index in [-0.39, 0.29) is 17.7 Å². The van der Waals surface area contributed by atoms with Gasteiger partial charge in [-0.15, -0.1) is 11.3 Å². The second-order valence-corrected chi connectivity index (χ2v) is 6.18. The average Bonchev–Trinajstić information content (AvgIpc) is 3.19. The third kappa shape index (κ3) is 4.03. The topological polar surface area (TPSA) is 71.1 Å². The van der Waals surface area contributed by atoms with Gasteiger partial charge in [-0.05, 0) is 32.6 Å². The van der Waals surface area contributed by atoms with E-state index in [1.165, 1.54) is 11.3 Å². The van der Waals surface area contributed by atoms with Crippen LogP contribution in [0, 0.1) is 12.8 Å². The van der Waals surface area contributed by atoms with E-state index >= 15 is 0 Å². The molecule has 0 spiro atoms. The fraction of sp³-hybridized carbons (Fsp3) is 0.643. The van der Waals surface area contributed by atoms with Gasteiger partial charge in [-0.1, -0.05) is 6.92 Å². The van der Waals surface area contributed by atoms with Gasteiger partial charge in [0.1, 0.15) is 4.88 Å². The quantitative estimate of drug-likeness (QED) is 0.752. The van der Waals surface area contributed by atoms with Crippen LogP contribution >= 0.6 is 11.3 Å². The lowest BCUT2D eigenvalue weighted by Crippen LogP contribution is -2.35. The molecule has 110 valence electrons. The molecule has 1 aliphatic carbocycles. The van der Waals surface area contributed by atoms with E-state index in [0.717, 1.165) is 36.4 Å². The number of aryl methyl sites for hydroxylation is 2. The SMILES string of the molecule is CCCc1nc(C)c(C(=O)NCCNC(=O)C2CC2)s1. The molecule has 1 fully saturated rings. The van der Waals surface area contributed by atoms with Crippen LogP contribution in [0.3, 0.4) is 0 Å². The van der Waals surface area contributed by atoms with Gasteiger partial charge in [-0.3, -0.25) is 9.59 Å². The zero-order valence-corrected chi connectivity index (χ0v) is 12.8. The first-order valence-electron chi connectivity index (χ1n) is 7.14. The molecule has 2 N–H and O–H groups in total. The fourth-order valence-corrected chi connectivity index (χ4v) is 3.00. The standard InChI is InChI=1S/C14H21N3O2S/c1-3-4-11-17-9(2)12(20-11)14(19)16-8-7-15-13(18)10-5-6-10/h10H,3-8H2,1-2H3,(H,15,18)(H,16,19). The maximum atomic E-state index is 12.0. The molecule has 0 saturated heterocycles. The molecule has 0 aliphatic heterocycles. The van der Waals surface area contributed by atoms with Gasteiger partial charge in [-0.25, -0.2) is 4.98 Å². The highest BCUT2D eigenvalue weighted by Crippen LogP contribution is 2.28. The van der Waals surface area contributed by atoms with Gasteiger partial charge in [-0.2, -0.15) is 0 Å². The van der Waals surface area contributed by atoms with Crippen molar-refractivity contribution in [3.8, 4) is 0 Å². The van der Waals surface area contributed by atoms with Crippen LogP contribution in [0.2, 0.25) is 0 Å². The van der Waals surface area contributed by atoms with Crippen LogP contribution in [0.4, 0.5) is 0 Å². The van der Waals surface area contributed by atoms with Crippen molar-refractivity contribution in [3.63, 3.8) is 0 Å². The van der Waals surface area contributed by atoms with E-state index in [4.69, 9.17) is 0 Å². The Morgan fingerprint density at radius 2 is 2.00 bits per heavy atom.